The van der Waals surface area contributed by atoms with E-state index in [-0.39, 0.29) is 12.0 Å². The highest BCUT2D eigenvalue weighted by molar-refractivity contribution is 5.88. The predicted octanol–water partition coefficient (Wildman–Crippen LogP) is 2.56. The molecule has 4 fully saturated rings. The van der Waals surface area contributed by atoms with Crippen LogP contribution in [0.5, 0.6) is 0 Å². The van der Waals surface area contributed by atoms with Crippen molar-refractivity contribution in [2.75, 3.05) is 0 Å². The first-order valence-corrected chi connectivity index (χ1v) is 7.52. The minimum Gasteiger partial charge on any atom is -0.393 e. The summed E-state index contributed by atoms with van der Waals surface area (Å²) in [4.78, 5) is 12.7. The molecule has 3 nitrogen and oxygen atoms in total. The van der Waals surface area contributed by atoms with Crippen LogP contribution in [0, 0.1) is 23.2 Å². The lowest BCUT2D eigenvalue weighted by atomic mass is 9.65. The maximum atomic E-state index is 12.7. The maximum absolute atomic E-state index is 12.7. The molecule has 3 heteroatoms. The Balaban J connectivity index is 2.14. The van der Waals surface area contributed by atoms with E-state index in [1.165, 1.54) is 0 Å². The predicted molar refractivity (Wildman–Crippen MR) is 72.7 cm³/mol. The third-order valence-corrected chi connectivity index (χ3v) is 6.51. The van der Waals surface area contributed by atoms with E-state index in [9.17, 15) is 9.90 Å². The average molecular weight is 266 g/mol. The van der Waals surface area contributed by atoms with Crippen LogP contribution < -0.4 is 0 Å². The molecule has 1 N–H and O–H groups in total. The zero-order chi connectivity index (χ0) is 14.2. The SMILES string of the molecule is C[C@@H]1C[C@@H](O)[C@@H]2[C@@H]1C[C@@]1(C)C(=O)C[C@]2(C)OC1(C)C. The second-order valence-corrected chi connectivity index (χ2v) is 8.03. The first-order chi connectivity index (χ1) is 8.61. The van der Waals surface area contributed by atoms with E-state index >= 15 is 0 Å². The molecule has 0 spiro atoms. The Labute approximate surface area is 115 Å². The van der Waals surface area contributed by atoms with Gasteiger partial charge in [0.15, 0.2) is 0 Å². The minimum absolute atomic E-state index is 0.107. The number of hydrogen-bond acceptors (Lipinski definition) is 3. The molecule has 4 rings (SSSR count). The second-order valence-electron chi connectivity index (χ2n) is 8.03. The average Bonchev–Trinajstić information content (AvgIpc) is 2.42. The molecule has 2 saturated carbocycles. The molecule has 0 amide bonds. The van der Waals surface area contributed by atoms with Gasteiger partial charge in [0, 0.05) is 12.3 Å². The van der Waals surface area contributed by atoms with Crippen LogP contribution in [0.1, 0.15) is 53.9 Å². The lowest BCUT2D eigenvalue weighted by Crippen LogP contribution is -2.59. The Bertz CT molecular complexity index is 430. The molecule has 108 valence electrons. The van der Waals surface area contributed by atoms with Gasteiger partial charge in [-0.2, -0.15) is 0 Å². The monoisotopic (exact) mass is 266 g/mol. The van der Waals surface area contributed by atoms with Gasteiger partial charge < -0.3 is 9.84 Å². The number of ketones is 1. The van der Waals surface area contributed by atoms with Crippen LogP contribution in [0.15, 0.2) is 0 Å². The third kappa shape index (κ3) is 1.55. The molecule has 0 aromatic carbocycles. The van der Waals surface area contributed by atoms with Crippen molar-refractivity contribution in [1.29, 1.82) is 0 Å². The zero-order valence-electron chi connectivity index (χ0n) is 12.7. The molecule has 2 heterocycles. The molecule has 2 saturated heterocycles. The van der Waals surface area contributed by atoms with Crippen molar-refractivity contribution in [3.63, 3.8) is 0 Å². The number of aliphatic hydroxyl groups is 1. The number of aliphatic hydroxyl groups excluding tert-OH is 1. The van der Waals surface area contributed by atoms with Gasteiger partial charge in [-0.15, -0.1) is 0 Å². The molecule has 0 aromatic heterocycles. The highest BCUT2D eigenvalue weighted by Crippen LogP contribution is 2.61. The van der Waals surface area contributed by atoms with E-state index in [0.717, 1.165) is 12.8 Å². The first kappa shape index (κ1) is 13.6. The van der Waals surface area contributed by atoms with Gasteiger partial charge in [-0.3, -0.25) is 4.79 Å². The number of rotatable bonds is 0. The van der Waals surface area contributed by atoms with Gasteiger partial charge in [0.2, 0.25) is 0 Å². The summed E-state index contributed by atoms with van der Waals surface area (Å²) in [5.74, 6) is 1.30. The van der Waals surface area contributed by atoms with E-state index in [4.69, 9.17) is 4.74 Å². The van der Waals surface area contributed by atoms with Crippen molar-refractivity contribution < 1.29 is 14.6 Å². The zero-order valence-corrected chi connectivity index (χ0v) is 12.7. The fourth-order valence-electron chi connectivity index (χ4n) is 5.13. The lowest BCUT2D eigenvalue weighted by molar-refractivity contribution is -0.225. The molecule has 4 aliphatic rings. The molecular weight excluding hydrogens is 240 g/mol. The molecule has 19 heavy (non-hydrogen) atoms. The number of hydrogen-bond donors (Lipinski definition) is 1. The van der Waals surface area contributed by atoms with Crippen LogP contribution in [0.3, 0.4) is 0 Å². The molecule has 2 bridgehead atoms. The van der Waals surface area contributed by atoms with Gasteiger partial charge >= 0.3 is 0 Å². The number of carbonyl (C=O) groups is 1. The van der Waals surface area contributed by atoms with E-state index in [2.05, 4.69) is 13.8 Å². The van der Waals surface area contributed by atoms with Crippen molar-refractivity contribution in [3.05, 3.63) is 0 Å². The van der Waals surface area contributed by atoms with Crippen molar-refractivity contribution in [1.82, 2.24) is 0 Å². The number of Topliss-reactive ketones (excluding diaryl/α,β-unsaturated/α-hetero) is 1. The van der Waals surface area contributed by atoms with Gasteiger partial charge in [-0.05, 0) is 52.4 Å². The topological polar surface area (TPSA) is 46.5 Å². The Morgan fingerprint density at radius 3 is 2.47 bits per heavy atom. The summed E-state index contributed by atoms with van der Waals surface area (Å²) >= 11 is 0. The Kier molecular flexibility index (Phi) is 2.58. The smallest absolute Gasteiger partial charge is 0.144 e. The summed E-state index contributed by atoms with van der Waals surface area (Å²) in [7, 11) is 0. The molecular formula is C16H26O3. The van der Waals surface area contributed by atoms with Crippen LogP contribution in [0.2, 0.25) is 0 Å². The van der Waals surface area contributed by atoms with Crippen molar-refractivity contribution >= 4 is 5.78 Å². The van der Waals surface area contributed by atoms with Crippen LogP contribution in [-0.4, -0.2) is 28.2 Å². The number of carbonyl (C=O) groups excluding carboxylic acids is 1. The second kappa shape index (κ2) is 3.62. The van der Waals surface area contributed by atoms with Crippen LogP contribution in [0.4, 0.5) is 0 Å². The summed E-state index contributed by atoms with van der Waals surface area (Å²) in [5.41, 5.74) is -1.35. The fourth-order valence-corrected chi connectivity index (χ4v) is 5.13. The maximum Gasteiger partial charge on any atom is 0.144 e. The first-order valence-electron chi connectivity index (χ1n) is 7.52. The number of ether oxygens (including phenoxy) is 1. The Hall–Kier alpha value is -0.410. The van der Waals surface area contributed by atoms with Crippen LogP contribution >= 0.6 is 0 Å². The summed E-state index contributed by atoms with van der Waals surface area (Å²) < 4.78 is 6.41. The molecule has 2 aliphatic heterocycles. The highest BCUT2D eigenvalue weighted by atomic mass is 16.5. The summed E-state index contributed by atoms with van der Waals surface area (Å²) in [5, 5.41) is 10.5. The molecule has 0 aromatic rings. The van der Waals surface area contributed by atoms with Gasteiger partial charge in [0.25, 0.3) is 0 Å². The summed E-state index contributed by atoms with van der Waals surface area (Å²) in [6, 6.07) is 0. The van der Waals surface area contributed by atoms with Crippen molar-refractivity contribution in [2.24, 2.45) is 23.2 Å². The Morgan fingerprint density at radius 1 is 1.26 bits per heavy atom. The van der Waals surface area contributed by atoms with E-state index in [1.807, 2.05) is 20.8 Å². The highest BCUT2D eigenvalue weighted by Gasteiger charge is 2.66. The largest absolute Gasteiger partial charge is 0.393 e. The summed E-state index contributed by atoms with van der Waals surface area (Å²) in [6.07, 6.45) is 1.84. The molecule has 0 radical (unpaired) electrons. The molecule has 0 unspecified atom stereocenters. The lowest BCUT2D eigenvalue weighted by Gasteiger charge is -2.51. The van der Waals surface area contributed by atoms with Gasteiger partial charge in [0.05, 0.1) is 22.7 Å². The third-order valence-electron chi connectivity index (χ3n) is 6.51. The Morgan fingerprint density at radius 2 is 1.89 bits per heavy atom. The minimum atomic E-state index is -0.495. The van der Waals surface area contributed by atoms with Gasteiger partial charge in [0.1, 0.15) is 5.78 Å². The van der Waals surface area contributed by atoms with Crippen LogP contribution in [-0.2, 0) is 9.53 Å². The van der Waals surface area contributed by atoms with E-state index < -0.39 is 16.6 Å². The van der Waals surface area contributed by atoms with E-state index in [0.29, 0.717) is 24.0 Å². The van der Waals surface area contributed by atoms with E-state index in [1.54, 1.807) is 0 Å². The standard InChI is InChI=1S/C16H26O3/c1-9-6-11(17)13-10(9)7-15(4)12(18)8-16(13,5)19-14(15,2)3/h9-11,13,17H,6-8H2,1-5H3/t9-,10-,11-,13+,15+,16+/m1/s1. The molecule has 2 aliphatic carbocycles. The molecule has 6 atom stereocenters. The van der Waals surface area contributed by atoms with Gasteiger partial charge in [-0.1, -0.05) is 6.92 Å². The number of fused-ring (bicyclic) bond motifs is 2. The normalized spacial score (nSPS) is 56.0. The van der Waals surface area contributed by atoms with Crippen LogP contribution in [0.25, 0.3) is 0 Å². The fraction of sp³-hybridized carbons (Fsp3) is 0.938. The van der Waals surface area contributed by atoms with Crippen molar-refractivity contribution in [2.45, 2.75) is 71.2 Å². The van der Waals surface area contributed by atoms with Crippen molar-refractivity contribution in [3.8, 4) is 0 Å². The summed E-state index contributed by atoms with van der Waals surface area (Å²) in [6.45, 7) is 10.4. The quantitative estimate of drug-likeness (QED) is 0.733. The van der Waals surface area contributed by atoms with Gasteiger partial charge in [-0.25, -0.2) is 0 Å².